The molecule has 0 bridgehead atoms. The number of aryl methyl sites for hydroxylation is 1. The Morgan fingerprint density at radius 3 is 2.50 bits per heavy atom. The van der Waals surface area contributed by atoms with Crippen LogP contribution in [0.1, 0.15) is 12.1 Å². The standard InChI is InChI=1S/C21H22N4O/c26-21(9-8-17-5-3-4-11-22-17)25-15-13-24(14-16-25)20-10-12-23-19-7-2-1-6-18(19)20/h1-7,10-12H,8-9,13-16H2. The number of hydrogen-bond acceptors (Lipinski definition) is 4. The van der Waals surface area contributed by atoms with Gasteiger partial charge in [-0.25, -0.2) is 0 Å². The van der Waals surface area contributed by atoms with E-state index in [0.717, 1.165) is 37.4 Å². The first-order valence-corrected chi connectivity index (χ1v) is 9.08. The van der Waals surface area contributed by atoms with E-state index in [0.29, 0.717) is 12.8 Å². The normalized spacial score (nSPS) is 14.6. The highest BCUT2D eigenvalue weighted by Crippen LogP contribution is 2.26. The van der Waals surface area contributed by atoms with Gasteiger partial charge in [0.05, 0.1) is 5.52 Å². The van der Waals surface area contributed by atoms with Crippen LogP contribution in [0.5, 0.6) is 0 Å². The summed E-state index contributed by atoms with van der Waals surface area (Å²) >= 11 is 0. The van der Waals surface area contributed by atoms with Gasteiger partial charge in [0.2, 0.25) is 5.91 Å². The number of rotatable bonds is 4. The van der Waals surface area contributed by atoms with E-state index < -0.39 is 0 Å². The number of carbonyl (C=O) groups is 1. The Labute approximate surface area is 153 Å². The van der Waals surface area contributed by atoms with Crippen molar-refractivity contribution in [3.8, 4) is 0 Å². The number of carbonyl (C=O) groups excluding carboxylic acids is 1. The number of para-hydroxylation sites is 1. The Balaban J connectivity index is 1.37. The quantitative estimate of drug-likeness (QED) is 0.729. The van der Waals surface area contributed by atoms with E-state index in [1.807, 2.05) is 47.5 Å². The van der Waals surface area contributed by atoms with Crippen LogP contribution >= 0.6 is 0 Å². The first-order valence-electron chi connectivity index (χ1n) is 9.08. The van der Waals surface area contributed by atoms with Crippen molar-refractivity contribution in [1.29, 1.82) is 0 Å². The van der Waals surface area contributed by atoms with Crippen LogP contribution in [-0.4, -0.2) is 47.0 Å². The molecule has 3 heterocycles. The summed E-state index contributed by atoms with van der Waals surface area (Å²) in [5.41, 5.74) is 3.19. The minimum atomic E-state index is 0.217. The first-order chi connectivity index (χ1) is 12.8. The first kappa shape index (κ1) is 16.5. The lowest BCUT2D eigenvalue weighted by Crippen LogP contribution is -2.48. The topological polar surface area (TPSA) is 49.3 Å². The van der Waals surface area contributed by atoms with Crippen LogP contribution < -0.4 is 4.90 Å². The lowest BCUT2D eigenvalue weighted by atomic mass is 10.1. The van der Waals surface area contributed by atoms with Crippen LogP contribution in [0, 0.1) is 0 Å². The predicted molar refractivity (Wildman–Crippen MR) is 103 cm³/mol. The van der Waals surface area contributed by atoms with Gasteiger partial charge in [0.15, 0.2) is 0 Å². The van der Waals surface area contributed by atoms with Gasteiger partial charge in [0.25, 0.3) is 0 Å². The number of anilines is 1. The van der Waals surface area contributed by atoms with Crippen molar-refractivity contribution >= 4 is 22.5 Å². The van der Waals surface area contributed by atoms with E-state index in [9.17, 15) is 4.79 Å². The second-order valence-corrected chi connectivity index (χ2v) is 6.54. The van der Waals surface area contributed by atoms with Crippen LogP contribution in [0.25, 0.3) is 10.9 Å². The number of piperazine rings is 1. The van der Waals surface area contributed by atoms with Crippen LogP contribution in [0.15, 0.2) is 60.9 Å². The summed E-state index contributed by atoms with van der Waals surface area (Å²) in [5.74, 6) is 0.217. The Kier molecular flexibility index (Phi) is 4.78. The largest absolute Gasteiger partial charge is 0.367 e. The van der Waals surface area contributed by atoms with Gasteiger partial charge >= 0.3 is 0 Å². The molecule has 26 heavy (non-hydrogen) atoms. The molecule has 0 aliphatic carbocycles. The number of aromatic nitrogens is 2. The molecule has 1 aromatic carbocycles. The molecule has 1 aliphatic heterocycles. The van der Waals surface area contributed by atoms with E-state index in [1.165, 1.54) is 11.1 Å². The van der Waals surface area contributed by atoms with Gasteiger partial charge < -0.3 is 9.80 Å². The predicted octanol–water partition coefficient (Wildman–Crippen LogP) is 2.91. The highest BCUT2D eigenvalue weighted by Gasteiger charge is 2.22. The number of pyridine rings is 2. The highest BCUT2D eigenvalue weighted by atomic mass is 16.2. The Hall–Kier alpha value is -2.95. The highest BCUT2D eigenvalue weighted by molar-refractivity contribution is 5.91. The number of amides is 1. The summed E-state index contributed by atoms with van der Waals surface area (Å²) in [6.45, 7) is 3.22. The van der Waals surface area contributed by atoms with Crippen molar-refractivity contribution in [2.75, 3.05) is 31.1 Å². The molecule has 0 N–H and O–H groups in total. The molecule has 1 saturated heterocycles. The summed E-state index contributed by atoms with van der Waals surface area (Å²) in [5, 5.41) is 1.17. The van der Waals surface area contributed by atoms with E-state index in [-0.39, 0.29) is 5.91 Å². The van der Waals surface area contributed by atoms with E-state index in [2.05, 4.69) is 27.0 Å². The third-order valence-electron chi connectivity index (χ3n) is 4.92. The fraction of sp³-hybridized carbons (Fsp3) is 0.286. The number of fused-ring (bicyclic) bond motifs is 1. The van der Waals surface area contributed by atoms with E-state index in [4.69, 9.17) is 0 Å². The maximum atomic E-state index is 12.5. The summed E-state index contributed by atoms with van der Waals surface area (Å²) in [6, 6.07) is 16.1. The average molecular weight is 346 g/mol. The van der Waals surface area contributed by atoms with E-state index in [1.54, 1.807) is 6.20 Å². The molecular weight excluding hydrogens is 324 g/mol. The van der Waals surface area contributed by atoms with Crippen LogP contribution in [0.4, 0.5) is 5.69 Å². The van der Waals surface area contributed by atoms with Gasteiger partial charge in [-0.1, -0.05) is 24.3 Å². The number of hydrogen-bond donors (Lipinski definition) is 0. The molecular formula is C21H22N4O. The van der Waals surface area contributed by atoms with Crippen molar-refractivity contribution in [1.82, 2.24) is 14.9 Å². The van der Waals surface area contributed by atoms with Crippen molar-refractivity contribution in [2.45, 2.75) is 12.8 Å². The number of benzene rings is 1. The molecule has 2 aromatic heterocycles. The van der Waals surface area contributed by atoms with Crippen LogP contribution in [0.2, 0.25) is 0 Å². The molecule has 0 saturated carbocycles. The lowest BCUT2D eigenvalue weighted by Gasteiger charge is -2.36. The maximum Gasteiger partial charge on any atom is 0.223 e. The van der Waals surface area contributed by atoms with Gasteiger partial charge in [0.1, 0.15) is 0 Å². The zero-order valence-corrected chi connectivity index (χ0v) is 14.7. The van der Waals surface area contributed by atoms with Crippen LogP contribution in [0.3, 0.4) is 0 Å². The van der Waals surface area contributed by atoms with E-state index >= 15 is 0 Å². The molecule has 0 radical (unpaired) electrons. The van der Waals surface area contributed by atoms with Crippen molar-refractivity contribution < 1.29 is 4.79 Å². The molecule has 5 nitrogen and oxygen atoms in total. The van der Waals surface area contributed by atoms with Gasteiger partial charge in [-0.05, 0) is 30.7 Å². The van der Waals surface area contributed by atoms with Crippen molar-refractivity contribution in [3.05, 3.63) is 66.6 Å². The fourth-order valence-electron chi connectivity index (χ4n) is 3.49. The van der Waals surface area contributed by atoms with Crippen LogP contribution in [-0.2, 0) is 11.2 Å². The SMILES string of the molecule is O=C(CCc1ccccn1)N1CCN(c2ccnc3ccccc23)CC1. The molecule has 4 rings (SSSR count). The monoisotopic (exact) mass is 346 g/mol. The Bertz CT molecular complexity index is 883. The molecule has 1 amide bonds. The Morgan fingerprint density at radius 1 is 0.885 bits per heavy atom. The third kappa shape index (κ3) is 3.52. The van der Waals surface area contributed by atoms with Gasteiger partial charge in [-0.15, -0.1) is 0 Å². The molecule has 1 fully saturated rings. The van der Waals surface area contributed by atoms with Gasteiger partial charge in [-0.2, -0.15) is 0 Å². The average Bonchev–Trinajstić information content (AvgIpc) is 2.72. The number of nitrogens with zero attached hydrogens (tertiary/aromatic N) is 4. The second-order valence-electron chi connectivity index (χ2n) is 6.54. The molecule has 5 heteroatoms. The summed E-state index contributed by atoms with van der Waals surface area (Å²) in [4.78, 5) is 25.6. The Morgan fingerprint density at radius 2 is 1.69 bits per heavy atom. The minimum Gasteiger partial charge on any atom is -0.367 e. The third-order valence-corrected chi connectivity index (χ3v) is 4.92. The van der Waals surface area contributed by atoms with Crippen molar-refractivity contribution in [3.63, 3.8) is 0 Å². The zero-order chi connectivity index (χ0) is 17.8. The summed E-state index contributed by atoms with van der Waals surface area (Å²) in [6.07, 6.45) is 4.86. The molecule has 0 spiro atoms. The lowest BCUT2D eigenvalue weighted by molar-refractivity contribution is -0.131. The molecule has 0 atom stereocenters. The molecule has 132 valence electrons. The molecule has 3 aromatic rings. The van der Waals surface area contributed by atoms with Crippen molar-refractivity contribution in [2.24, 2.45) is 0 Å². The maximum absolute atomic E-state index is 12.5. The molecule has 1 aliphatic rings. The minimum absolute atomic E-state index is 0.217. The van der Waals surface area contributed by atoms with Gasteiger partial charge in [0, 0.05) is 61.8 Å². The summed E-state index contributed by atoms with van der Waals surface area (Å²) < 4.78 is 0. The van der Waals surface area contributed by atoms with Gasteiger partial charge in [-0.3, -0.25) is 14.8 Å². The smallest absolute Gasteiger partial charge is 0.223 e. The second kappa shape index (κ2) is 7.52. The fourth-order valence-corrected chi connectivity index (χ4v) is 3.49. The molecule has 0 unspecified atom stereocenters. The zero-order valence-electron chi connectivity index (χ0n) is 14.7. The summed E-state index contributed by atoms with van der Waals surface area (Å²) in [7, 11) is 0.